The first kappa shape index (κ1) is 9.31. The largest absolute Gasteiger partial charge is 0.483 e. The summed E-state index contributed by atoms with van der Waals surface area (Å²) in [5.74, 6) is 4.41. The average Bonchev–Trinajstić information content (AvgIpc) is 1.69. The van der Waals surface area contributed by atoms with Crippen molar-refractivity contribution in [2.24, 2.45) is 5.84 Å². The molecule has 42 valence electrons. The summed E-state index contributed by atoms with van der Waals surface area (Å²) >= 11 is 0. The van der Waals surface area contributed by atoms with Crippen LogP contribution in [0.3, 0.4) is 0 Å². The molecule has 0 radical (unpaired) electrons. The molecule has 4 N–H and O–H groups in total. The molecule has 1 amide bonds. The summed E-state index contributed by atoms with van der Waals surface area (Å²) in [6, 6.07) is 0. The third-order valence-corrected chi connectivity index (χ3v) is 0.0680. The number of nitrogens with two attached hydrogens (primary N) is 1. The van der Waals surface area contributed by atoms with Crippen LogP contribution in [0.15, 0.2) is 0 Å². The molecular weight excluding hydrogens is 100 g/mol. The van der Waals surface area contributed by atoms with E-state index in [2.05, 4.69) is 5.84 Å². The smallest absolute Gasteiger partial charge is 0.290 e. The van der Waals surface area contributed by atoms with Crippen molar-refractivity contribution in [2.75, 3.05) is 0 Å². The Balaban J connectivity index is 0. The van der Waals surface area contributed by atoms with Crippen molar-refractivity contribution in [3.05, 3.63) is 0 Å². The molecule has 0 saturated heterocycles. The molecule has 0 rings (SSSR count). The predicted molar refractivity (Wildman–Crippen MR) is 22.1 cm³/mol. The second kappa shape index (κ2) is 20.6. The van der Waals surface area contributed by atoms with Crippen LogP contribution in [0.5, 0.6) is 0 Å². The van der Waals surface area contributed by atoms with Gasteiger partial charge in [0.1, 0.15) is 0 Å². The SMILES string of the molecule is NNC=O.O=CO. The van der Waals surface area contributed by atoms with Gasteiger partial charge >= 0.3 is 0 Å². The Morgan fingerprint density at radius 2 is 1.71 bits per heavy atom. The van der Waals surface area contributed by atoms with Crippen LogP contribution in [-0.4, -0.2) is 18.0 Å². The monoisotopic (exact) mass is 106 g/mol. The van der Waals surface area contributed by atoms with Crippen LogP contribution < -0.4 is 11.3 Å². The molecule has 0 aliphatic rings. The number of amides is 1. The van der Waals surface area contributed by atoms with E-state index in [1.807, 2.05) is 0 Å². The van der Waals surface area contributed by atoms with Crippen LogP contribution in [0, 0.1) is 0 Å². The Hall–Kier alpha value is -1.10. The zero-order valence-corrected chi connectivity index (χ0v) is 3.50. The first-order chi connectivity index (χ1) is 3.33. The van der Waals surface area contributed by atoms with E-state index in [0.717, 1.165) is 0 Å². The fraction of sp³-hybridized carbons (Fsp3) is 0. The maximum Gasteiger partial charge on any atom is 0.290 e. The molecule has 0 bridgehead atoms. The van der Waals surface area contributed by atoms with Gasteiger partial charge in [-0.05, 0) is 0 Å². The van der Waals surface area contributed by atoms with Crippen molar-refractivity contribution < 1.29 is 14.7 Å². The van der Waals surface area contributed by atoms with Gasteiger partial charge in [-0.2, -0.15) is 0 Å². The fourth-order valence-corrected chi connectivity index (χ4v) is 0. The first-order valence-electron chi connectivity index (χ1n) is 1.31. The van der Waals surface area contributed by atoms with E-state index in [4.69, 9.17) is 14.7 Å². The molecule has 0 aromatic carbocycles. The van der Waals surface area contributed by atoms with Crippen LogP contribution in [0.4, 0.5) is 0 Å². The molecular formula is C2H6N2O3. The van der Waals surface area contributed by atoms with Gasteiger partial charge in [0.2, 0.25) is 6.41 Å². The fourth-order valence-electron chi connectivity index (χ4n) is 0. The van der Waals surface area contributed by atoms with E-state index < -0.39 is 0 Å². The lowest BCUT2D eigenvalue weighted by molar-refractivity contribution is -0.122. The summed E-state index contributed by atoms with van der Waals surface area (Å²) < 4.78 is 0. The highest BCUT2D eigenvalue weighted by Gasteiger charge is 1.42. The van der Waals surface area contributed by atoms with Gasteiger partial charge in [0.25, 0.3) is 6.47 Å². The maximum absolute atomic E-state index is 8.94. The lowest BCUT2D eigenvalue weighted by atomic mass is 11.4. The minimum Gasteiger partial charge on any atom is -0.483 e. The van der Waals surface area contributed by atoms with Gasteiger partial charge in [-0.25, -0.2) is 5.84 Å². The second-order valence-corrected chi connectivity index (χ2v) is 0.390. The minimum atomic E-state index is -0.250. The van der Waals surface area contributed by atoms with Gasteiger partial charge in [0, 0.05) is 0 Å². The Morgan fingerprint density at radius 1 is 1.57 bits per heavy atom. The van der Waals surface area contributed by atoms with Gasteiger partial charge in [0.05, 0.1) is 0 Å². The van der Waals surface area contributed by atoms with Gasteiger partial charge < -0.3 is 5.11 Å². The number of hydrogen-bond acceptors (Lipinski definition) is 3. The highest BCUT2D eigenvalue weighted by molar-refractivity contribution is 5.44. The number of hydrogen-bond donors (Lipinski definition) is 3. The van der Waals surface area contributed by atoms with E-state index in [-0.39, 0.29) is 6.47 Å². The van der Waals surface area contributed by atoms with Gasteiger partial charge in [-0.1, -0.05) is 0 Å². The van der Waals surface area contributed by atoms with Crippen molar-refractivity contribution in [3.8, 4) is 0 Å². The van der Waals surface area contributed by atoms with Crippen molar-refractivity contribution >= 4 is 12.9 Å². The Bertz CT molecular complexity index is 46.2. The van der Waals surface area contributed by atoms with E-state index >= 15 is 0 Å². The lowest BCUT2D eigenvalue weighted by Gasteiger charge is -1.66. The van der Waals surface area contributed by atoms with Crippen molar-refractivity contribution in [3.63, 3.8) is 0 Å². The standard InChI is InChI=1S/CH4N2O.CH2O2/c2-3-1-4;2-1-3/h1H,2H2,(H,3,4);1H,(H,2,3). The van der Waals surface area contributed by atoms with Crippen LogP contribution in [0.2, 0.25) is 0 Å². The molecule has 0 aliphatic heterocycles. The number of rotatable bonds is 1. The molecule has 7 heavy (non-hydrogen) atoms. The summed E-state index contributed by atoms with van der Waals surface area (Å²) in [7, 11) is 0. The van der Waals surface area contributed by atoms with Crippen molar-refractivity contribution in [1.82, 2.24) is 5.43 Å². The normalized spacial score (nSPS) is 4.71. The topological polar surface area (TPSA) is 92.4 Å². The third-order valence-electron chi connectivity index (χ3n) is 0.0680. The molecule has 0 aromatic rings. The van der Waals surface area contributed by atoms with Crippen LogP contribution >= 0.6 is 0 Å². The molecule has 0 atom stereocenters. The van der Waals surface area contributed by atoms with Crippen LogP contribution in [0.25, 0.3) is 0 Å². The van der Waals surface area contributed by atoms with Crippen LogP contribution in [0.1, 0.15) is 0 Å². The number of hydrazine groups is 1. The summed E-state index contributed by atoms with van der Waals surface area (Å²) in [6.07, 6.45) is 0.403. The first-order valence-corrected chi connectivity index (χ1v) is 1.31. The molecule has 0 aliphatic carbocycles. The number of nitrogens with one attached hydrogen (secondary N) is 1. The quantitative estimate of drug-likeness (QED) is 0.161. The second-order valence-electron chi connectivity index (χ2n) is 0.390. The van der Waals surface area contributed by atoms with E-state index in [9.17, 15) is 0 Å². The predicted octanol–water partition coefficient (Wildman–Crippen LogP) is -1.69. The van der Waals surface area contributed by atoms with E-state index in [1.165, 1.54) is 0 Å². The van der Waals surface area contributed by atoms with Crippen LogP contribution in [-0.2, 0) is 9.59 Å². The number of carbonyl (C=O) groups is 2. The molecule has 0 fully saturated rings. The minimum absolute atomic E-state index is 0.250. The zero-order chi connectivity index (χ0) is 6.12. The summed E-state index contributed by atoms with van der Waals surface area (Å²) in [5, 5.41) is 6.89. The zero-order valence-electron chi connectivity index (χ0n) is 3.50. The Kier molecular flexibility index (Phi) is 27.5. The highest BCUT2D eigenvalue weighted by Crippen LogP contribution is 0.992. The summed E-state index contributed by atoms with van der Waals surface area (Å²) in [5.41, 5.74) is 1.75. The maximum atomic E-state index is 8.94. The molecule has 0 spiro atoms. The van der Waals surface area contributed by atoms with Crippen molar-refractivity contribution in [2.45, 2.75) is 0 Å². The van der Waals surface area contributed by atoms with Crippen molar-refractivity contribution in [1.29, 1.82) is 0 Å². The highest BCUT2D eigenvalue weighted by atomic mass is 16.3. The summed E-state index contributed by atoms with van der Waals surface area (Å²) in [4.78, 5) is 17.3. The molecule has 0 saturated carbocycles. The van der Waals surface area contributed by atoms with E-state index in [0.29, 0.717) is 6.41 Å². The van der Waals surface area contributed by atoms with Gasteiger partial charge in [-0.3, -0.25) is 15.0 Å². The molecule has 5 heteroatoms. The number of carboxylic acid groups (broad SMARTS) is 1. The van der Waals surface area contributed by atoms with E-state index in [1.54, 1.807) is 5.43 Å². The Labute approximate surface area is 40.1 Å². The van der Waals surface area contributed by atoms with Gasteiger partial charge in [0.15, 0.2) is 0 Å². The molecule has 0 aromatic heterocycles. The summed E-state index contributed by atoms with van der Waals surface area (Å²) in [6.45, 7) is -0.250. The average molecular weight is 106 g/mol. The van der Waals surface area contributed by atoms with Gasteiger partial charge in [-0.15, -0.1) is 0 Å². The number of carbonyl (C=O) groups excluding carboxylic acids is 1. The molecule has 0 unspecified atom stereocenters. The third kappa shape index (κ3) is 4120. The molecule has 0 heterocycles. The lowest BCUT2D eigenvalue weighted by Crippen LogP contribution is -2.18. The Morgan fingerprint density at radius 3 is 1.71 bits per heavy atom. The molecule has 5 nitrogen and oxygen atoms in total.